The molecule has 5 rings (SSSR count). The number of amides is 1. The molecule has 3 aromatic rings. The molecule has 0 atom stereocenters. The zero-order chi connectivity index (χ0) is 21.4. The first-order valence-corrected chi connectivity index (χ1v) is 10.3. The molecule has 4 heterocycles. The number of carbonyl (C=O) groups is 1. The lowest BCUT2D eigenvalue weighted by Crippen LogP contribution is -2.38. The number of hydrogen-bond donors (Lipinski definition) is 2. The van der Waals surface area contributed by atoms with Gasteiger partial charge in [-0.25, -0.2) is 4.98 Å². The van der Waals surface area contributed by atoms with Gasteiger partial charge in [0.15, 0.2) is 6.73 Å². The Labute approximate surface area is 180 Å². The Bertz CT molecular complexity index is 1130. The molecule has 2 aliphatic heterocycles. The van der Waals surface area contributed by atoms with E-state index in [1.807, 2.05) is 24.3 Å². The number of fused-ring (bicyclic) bond motifs is 2. The normalized spacial score (nSPS) is 16.8. The summed E-state index contributed by atoms with van der Waals surface area (Å²) in [7, 11) is 0. The van der Waals surface area contributed by atoms with Crippen molar-refractivity contribution in [3.63, 3.8) is 0 Å². The maximum absolute atomic E-state index is 12.8. The Morgan fingerprint density at radius 2 is 2.13 bits per heavy atom. The standard InChI is InChI=1S/C23H24N6O2/c1-23(2)13-24-10-15-9-16(6-7-19(15)23)27-22-26-11-18-20(28-22)31-14-29(21(18)30)12-17-5-3-4-8-25-17/h3-9,11,24H,10,12-14H2,1-2H3,(H,26,27,28). The first-order valence-electron chi connectivity index (χ1n) is 10.3. The summed E-state index contributed by atoms with van der Waals surface area (Å²) in [4.78, 5) is 27.4. The first kappa shape index (κ1) is 19.4. The molecular weight excluding hydrogens is 392 g/mol. The summed E-state index contributed by atoms with van der Waals surface area (Å²) in [6.45, 7) is 6.77. The highest BCUT2D eigenvalue weighted by molar-refractivity contribution is 5.97. The molecule has 158 valence electrons. The molecule has 0 fully saturated rings. The van der Waals surface area contributed by atoms with Crippen molar-refractivity contribution in [3.8, 4) is 5.88 Å². The van der Waals surface area contributed by atoms with Crippen molar-refractivity contribution < 1.29 is 9.53 Å². The summed E-state index contributed by atoms with van der Waals surface area (Å²) in [5, 5.41) is 6.70. The van der Waals surface area contributed by atoms with Crippen molar-refractivity contribution in [1.29, 1.82) is 0 Å². The first-order chi connectivity index (χ1) is 15.0. The zero-order valence-electron chi connectivity index (χ0n) is 17.6. The van der Waals surface area contributed by atoms with E-state index in [0.29, 0.717) is 23.9 Å². The van der Waals surface area contributed by atoms with E-state index >= 15 is 0 Å². The fraction of sp³-hybridized carbons (Fsp3) is 0.304. The molecule has 8 nitrogen and oxygen atoms in total. The molecule has 8 heteroatoms. The summed E-state index contributed by atoms with van der Waals surface area (Å²) in [5.41, 5.74) is 4.76. The second kappa shape index (κ2) is 7.63. The molecule has 31 heavy (non-hydrogen) atoms. The van der Waals surface area contributed by atoms with E-state index in [1.165, 1.54) is 17.3 Å². The van der Waals surface area contributed by atoms with E-state index in [4.69, 9.17) is 4.74 Å². The van der Waals surface area contributed by atoms with Crippen molar-refractivity contribution >= 4 is 17.5 Å². The van der Waals surface area contributed by atoms with Crippen LogP contribution in [0, 0.1) is 0 Å². The van der Waals surface area contributed by atoms with Crippen LogP contribution in [0.4, 0.5) is 11.6 Å². The number of rotatable bonds is 4. The van der Waals surface area contributed by atoms with Crippen LogP contribution in [-0.2, 0) is 18.5 Å². The number of nitrogens with zero attached hydrogens (tertiary/aromatic N) is 4. The molecule has 0 aliphatic carbocycles. The number of benzene rings is 1. The molecule has 2 N–H and O–H groups in total. The van der Waals surface area contributed by atoms with Crippen LogP contribution >= 0.6 is 0 Å². The number of nitrogens with one attached hydrogen (secondary N) is 2. The van der Waals surface area contributed by atoms with Gasteiger partial charge in [-0.1, -0.05) is 26.0 Å². The van der Waals surface area contributed by atoms with Crippen molar-refractivity contribution in [3.05, 3.63) is 71.2 Å². The molecule has 2 aromatic heterocycles. The average Bonchev–Trinajstić information content (AvgIpc) is 2.76. The molecule has 0 spiro atoms. The highest BCUT2D eigenvalue weighted by Gasteiger charge is 2.29. The van der Waals surface area contributed by atoms with Gasteiger partial charge in [-0.05, 0) is 35.4 Å². The van der Waals surface area contributed by atoms with Gasteiger partial charge < -0.3 is 15.4 Å². The maximum Gasteiger partial charge on any atom is 0.263 e. The average molecular weight is 416 g/mol. The van der Waals surface area contributed by atoms with Gasteiger partial charge in [0.2, 0.25) is 11.8 Å². The van der Waals surface area contributed by atoms with Gasteiger partial charge in [0.1, 0.15) is 5.56 Å². The second-order valence-electron chi connectivity index (χ2n) is 8.49. The summed E-state index contributed by atoms with van der Waals surface area (Å²) >= 11 is 0. The van der Waals surface area contributed by atoms with Gasteiger partial charge in [-0.15, -0.1) is 0 Å². The van der Waals surface area contributed by atoms with Crippen LogP contribution in [0.15, 0.2) is 48.8 Å². The Hall–Kier alpha value is -3.52. The predicted molar refractivity (Wildman–Crippen MR) is 116 cm³/mol. The number of aromatic nitrogens is 3. The minimum absolute atomic E-state index is 0.101. The van der Waals surface area contributed by atoms with E-state index < -0.39 is 0 Å². The van der Waals surface area contributed by atoms with Crippen LogP contribution in [0.25, 0.3) is 0 Å². The smallest absolute Gasteiger partial charge is 0.263 e. The highest BCUT2D eigenvalue weighted by Crippen LogP contribution is 2.32. The van der Waals surface area contributed by atoms with E-state index in [9.17, 15) is 4.79 Å². The predicted octanol–water partition coefficient (Wildman–Crippen LogP) is 2.99. The maximum atomic E-state index is 12.8. The second-order valence-corrected chi connectivity index (χ2v) is 8.49. The van der Waals surface area contributed by atoms with Gasteiger partial charge in [-0.2, -0.15) is 4.98 Å². The quantitative estimate of drug-likeness (QED) is 0.675. The molecule has 2 aliphatic rings. The fourth-order valence-corrected chi connectivity index (χ4v) is 4.07. The van der Waals surface area contributed by atoms with Crippen molar-refractivity contribution in [2.75, 3.05) is 18.6 Å². The summed E-state index contributed by atoms with van der Waals surface area (Å²) in [5.74, 6) is 0.522. The van der Waals surface area contributed by atoms with Crippen LogP contribution in [0.2, 0.25) is 0 Å². The van der Waals surface area contributed by atoms with Crippen molar-refractivity contribution in [2.45, 2.75) is 32.4 Å². The van der Waals surface area contributed by atoms with Crippen LogP contribution in [0.3, 0.4) is 0 Å². The SMILES string of the molecule is CC1(C)CNCc2cc(Nc3ncc4c(n3)OCN(Cc3ccccn3)C4=O)ccc21. The fourth-order valence-electron chi connectivity index (χ4n) is 4.07. The third kappa shape index (κ3) is 3.82. The minimum Gasteiger partial charge on any atom is -0.455 e. The van der Waals surface area contributed by atoms with Gasteiger partial charge in [0, 0.05) is 36.6 Å². The van der Waals surface area contributed by atoms with Gasteiger partial charge in [-0.3, -0.25) is 14.7 Å². The molecule has 0 bridgehead atoms. The lowest BCUT2D eigenvalue weighted by atomic mass is 9.79. The van der Waals surface area contributed by atoms with E-state index in [-0.39, 0.29) is 18.1 Å². The van der Waals surface area contributed by atoms with Crippen LogP contribution < -0.4 is 15.4 Å². The Kier molecular flexibility index (Phi) is 4.78. The minimum atomic E-state index is -0.166. The number of ether oxygens (including phenoxy) is 1. The molecule has 0 unspecified atom stereocenters. The summed E-state index contributed by atoms with van der Waals surface area (Å²) in [6, 6.07) is 11.9. The number of anilines is 2. The lowest BCUT2D eigenvalue weighted by Gasteiger charge is -2.33. The number of pyridine rings is 1. The van der Waals surface area contributed by atoms with Crippen molar-refractivity contribution in [1.82, 2.24) is 25.2 Å². The van der Waals surface area contributed by atoms with Gasteiger partial charge in [0.25, 0.3) is 5.91 Å². The highest BCUT2D eigenvalue weighted by atomic mass is 16.5. The third-order valence-corrected chi connectivity index (χ3v) is 5.68. The van der Waals surface area contributed by atoms with Crippen LogP contribution in [-0.4, -0.2) is 39.0 Å². The van der Waals surface area contributed by atoms with Crippen molar-refractivity contribution in [2.24, 2.45) is 0 Å². The monoisotopic (exact) mass is 416 g/mol. The zero-order valence-corrected chi connectivity index (χ0v) is 17.6. The van der Waals surface area contributed by atoms with E-state index in [2.05, 4.69) is 51.6 Å². The summed E-state index contributed by atoms with van der Waals surface area (Å²) in [6.07, 6.45) is 3.22. The number of carbonyl (C=O) groups excluding carboxylic acids is 1. The van der Waals surface area contributed by atoms with E-state index in [0.717, 1.165) is 24.5 Å². The molecule has 0 saturated carbocycles. The molecule has 1 amide bonds. The summed E-state index contributed by atoms with van der Waals surface area (Å²) < 4.78 is 5.75. The third-order valence-electron chi connectivity index (χ3n) is 5.68. The molecule has 1 aromatic carbocycles. The van der Waals surface area contributed by atoms with Gasteiger partial charge >= 0.3 is 0 Å². The largest absolute Gasteiger partial charge is 0.455 e. The Morgan fingerprint density at radius 3 is 2.97 bits per heavy atom. The van der Waals surface area contributed by atoms with E-state index in [1.54, 1.807) is 11.1 Å². The Balaban J connectivity index is 1.33. The topological polar surface area (TPSA) is 92.3 Å². The van der Waals surface area contributed by atoms with Crippen LogP contribution in [0.5, 0.6) is 5.88 Å². The number of hydrogen-bond acceptors (Lipinski definition) is 7. The van der Waals surface area contributed by atoms with Crippen LogP contribution in [0.1, 0.15) is 41.0 Å². The molecule has 0 radical (unpaired) electrons. The Morgan fingerprint density at radius 1 is 1.23 bits per heavy atom. The van der Waals surface area contributed by atoms with Gasteiger partial charge in [0.05, 0.1) is 12.2 Å². The molecular formula is C23H24N6O2. The molecule has 0 saturated heterocycles. The lowest BCUT2D eigenvalue weighted by molar-refractivity contribution is 0.0480.